The van der Waals surface area contributed by atoms with Crippen molar-refractivity contribution >= 4 is 28.4 Å². The van der Waals surface area contributed by atoms with E-state index >= 15 is 0 Å². The Morgan fingerprint density at radius 2 is 2.31 bits per heavy atom. The van der Waals surface area contributed by atoms with Crippen LogP contribution in [0, 0.1) is 5.41 Å². The van der Waals surface area contributed by atoms with Crippen LogP contribution in [0.1, 0.15) is 5.56 Å². The maximum absolute atomic E-state index is 7.23. The van der Waals surface area contributed by atoms with Gasteiger partial charge in [-0.25, -0.2) is 0 Å². The van der Waals surface area contributed by atoms with E-state index in [-0.39, 0.29) is 5.84 Å². The Hall–Kier alpha value is -1.55. The Kier molecular flexibility index (Phi) is 1.70. The number of aromatic nitrogens is 1. The minimum atomic E-state index is -0.0231. The summed E-state index contributed by atoms with van der Waals surface area (Å²) in [6.45, 7) is 0. The molecule has 2 aromatic rings. The second kappa shape index (κ2) is 2.74. The van der Waals surface area contributed by atoms with Crippen LogP contribution in [0.5, 0.6) is 0 Å². The maximum atomic E-state index is 7.23. The van der Waals surface area contributed by atoms with Gasteiger partial charge in [0.15, 0.2) is 5.58 Å². The molecule has 0 spiro atoms. The number of nitrogens with two attached hydrogens (primary N) is 1. The summed E-state index contributed by atoms with van der Waals surface area (Å²) in [6, 6.07) is 3.29. The summed E-state index contributed by atoms with van der Waals surface area (Å²) >= 11 is 5.86. The summed E-state index contributed by atoms with van der Waals surface area (Å²) in [5.41, 5.74) is 6.41. The minimum Gasteiger partial charge on any atom is -0.384 e. The number of nitrogens with one attached hydrogen (secondary N) is 1. The van der Waals surface area contributed by atoms with E-state index in [9.17, 15) is 0 Å². The lowest BCUT2D eigenvalue weighted by atomic mass is 10.1. The number of amidine groups is 1. The van der Waals surface area contributed by atoms with E-state index in [0.717, 1.165) is 5.39 Å². The molecule has 0 saturated carbocycles. The number of fused-ring (bicyclic) bond motifs is 1. The number of nitrogen functional groups attached to an aromatic ring is 1. The van der Waals surface area contributed by atoms with Crippen LogP contribution in [0.4, 0.5) is 0 Å². The van der Waals surface area contributed by atoms with Gasteiger partial charge in [-0.3, -0.25) is 5.41 Å². The molecule has 66 valence electrons. The molecule has 0 bridgehead atoms. The molecule has 0 unspecified atom stereocenters. The fourth-order valence-electron chi connectivity index (χ4n) is 1.10. The molecular weight excluding hydrogens is 190 g/mol. The van der Waals surface area contributed by atoms with Crippen molar-refractivity contribution in [2.75, 3.05) is 0 Å². The highest BCUT2D eigenvalue weighted by Gasteiger charge is 2.07. The lowest BCUT2D eigenvalue weighted by molar-refractivity contribution is 0.456. The maximum Gasteiger partial charge on any atom is 0.185 e. The van der Waals surface area contributed by atoms with Gasteiger partial charge >= 0.3 is 0 Å². The fourth-order valence-corrected chi connectivity index (χ4v) is 1.36. The number of rotatable bonds is 1. The second-order valence-corrected chi connectivity index (χ2v) is 3.02. The predicted molar refractivity (Wildman–Crippen MR) is 50.0 cm³/mol. The zero-order chi connectivity index (χ0) is 9.42. The molecule has 0 radical (unpaired) electrons. The monoisotopic (exact) mass is 195 g/mol. The molecule has 13 heavy (non-hydrogen) atoms. The van der Waals surface area contributed by atoms with Crippen molar-refractivity contribution in [2.45, 2.75) is 0 Å². The van der Waals surface area contributed by atoms with Gasteiger partial charge in [-0.2, -0.15) is 0 Å². The smallest absolute Gasteiger partial charge is 0.185 e. The van der Waals surface area contributed by atoms with Crippen molar-refractivity contribution in [3.63, 3.8) is 0 Å². The molecule has 0 amide bonds. The van der Waals surface area contributed by atoms with E-state index in [1.165, 1.54) is 6.20 Å². The lowest BCUT2D eigenvalue weighted by Crippen LogP contribution is -2.10. The van der Waals surface area contributed by atoms with Crippen LogP contribution in [-0.4, -0.2) is 11.0 Å². The zero-order valence-electron chi connectivity index (χ0n) is 6.54. The quantitative estimate of drug-likeness (QED) is 0.538. The molecule has 0 atom stereocenters. The number of hydrogen-bond acceptors (Lipinski definition) is 3. The Labute approximate surface area is 78.8 Å². The van der Waals surface area contributed by atoms with Crippen molar-refractivity contribution < 1.29 is 4.52 Å². The molecule has 0 aliphatic heterocycles. The zero-order valence-corrected chi connectivity index (χ0v) is 7.30. The van der Waals surface area contributed by atoms with Crippen LogP contribution in [-0.2, 0) is 0 Å². The van der Waals surface area contributed by atoms with Crippen molar-refractivity contribution in [2.24, 2.45) is 5.73 Å². The van der Waals surface area contributed by atoms with Gasteiger partial charge in [-0.15, -0.1) is 0 Å². The third kappa shape index (κ3) is 1.25. The third-order valence-corrected chi connectivity index (χ3v) is 2.00. The molecule has 1 aromatic heterocycles. The van der Waals surface area contributed by atoms with Crippen molar-refractivity contribution in [3.05, 3.63) is 28.9 Å². The van der Waals surface area contributed by atoms with Gasteiger partial charge in [0.1, 0.15) is 5.84 Å². The Morgan fingerprint density at radius 1 is 1.54 bits per heavy atom. The molecule has 0 fully saturated rings. The SMILES string of the molecule is N=C(N)c1cc(Cl)c2oncc2c1. The summed E-state index contributed by atoms with van der Waals surface area (Å²) in [6.07, 6.45) is 1.54. The summed E-state index contributed by atoms with van der Waals surface area (Å²) in [4.78, 5) is 0. The average molecular weight is 196 g/mol. The first kappa shape index (κ1) is 8.07. The van der Waals surface area contributed by atoms with Gasteiger partial charge in [0, 0.05) is 10.9 Å². The number of hydrogen-bond donors (Lipinski definition) is 2. The van der Waals surface area contributed by atoms with Crippen molar-refractivity contribution in [1.82, 2.24) is 5.16 Å². The van der Waals surface area contributed by atoms with Crippen LogP contribution < -0.4 is 5.73 Å². The van der Waals surface area contributed by atoms with Crippen molar-refractivity contribution in [3.8, 4) is 0 Å². The highest BCUT2D eigenvalue weighted by molar-refractivity contribution is 6.35. The van der Waals surface area contributed by atoms with E-state index in [0.29, 0.717) is 16.2 Å². The molecule has 4 nitrogen and oxygen atoms in total. The van der Waals surface area contributed by atoms with Crippen LogP contribution >= 0.6 is 11.6 Å². The van der Waals surface area contributed by atoms with E-state index in [4.69, 9.17) is 27.3 Å². The number of benzene rings is 1. The molecule has 2 rings (SSSR count). The largest absolute Gasteiger partial charge is 0.384 e. The normalized spacial score (nSPS) is 10.5. The fraction of sp³-hybridized carbons (Fsp3) is 0. The summed E-state index contributed by atoms with van der Waals surface area (Å²) < 4.78 is 4.89. The van der Waals surface area contributed by atoms with Crippen LogP contribution in [0.25, 0.3) is 11.0 Å². The summed E-state index contributed by atoms with van der Waals surface area (Å²) in [5, 5.41) is 12.0. The standard InChI is InChI=1S/C8H6ClN3O/c9-6-2-4(8(10)11)1-5-3-12-13-7(5)6/h1-3H,(H3,10,11). The molecule has 0 aliphatic carbocycles. The first-order valence-electron chi connectivity index (χ1n) is 3.57. The van der Waals surface area contributed by atoms with E-state index in [1.807, 2.05) is 0 Å². The van der Waals surface area contributed by atoms with Gasteiger partial charge in [-0.05, 0) is 12.1 Å². The van der Waals surface area contributed by atoms with E-state index in [2.05, 4.69) is 5.16 Å². The van der Waals surface area contributed by atoms with Crippen molar-refractivity contribution in [1.29, 1.82) is 5.41 Å². The molecule has 1 aromatic carbocycles. The molecule has 3 N–H and O–H groups in total. The Balaban J connectivity index is 2.77. The second-order valence-electron chi connectivity index (χ2n) is 2.62. The molecule has 0 saturated heterocycles. The molecule has 0 aliphatic rings. The van der Waals surface area contributed by atoms with E-state index < -0.39 is 0 Å². The van der Waals surface area contributed by atoms with Gasteiger partial charge in [0.25, 0.3) is 0 Å². The minimum absolute atomic E-state index is 0.0231. The first-order valence-corrected chi connectivity index (χ1v) is 3.94. The van der Waals surface area contributed by atoms with Crippen LogP contribution in [0.3, 0.4) is 0 Å². The average Bonchev–Trinajstić information content (AvgIpc) is 2.51. The Bertz CT molecular complexity index is 477. The molecule has 5 heteroatoms. The number of nitrogens with zero attached hydrogens (tertiary/aromatic N) is 1. The topological polar surface area (TPSA) is 75.9 Å². The van der Waals surface area contributed by atoms with Gasteiger partial charge in [0.2, 0.25) is 0 Å². The molecular formula is C8H6ClN3O. The third-order valence-electron chi connectivity index (χ3n) is 1.72. The molecule has 1 heterocycles. The number of halogens is 1. The lowest BCUT2D eigenvalue weighted by Gasteiger charge is -1.98. The van der Waals surface area contributed by atoms with E-state index in [1.54, 1.807) is 12.1 Å². The van der Waals surface area contributed by atoms with Gasteiger partial charge < -0.3 is 10.3 Å². The van der Waals surface area contributed by atoms with Crippen LogP contribution in [0.15, 0.2) is 22.9 Å². The Morgan fingerprint density at radius 3 is 3.00 bits per heavy atom. The summed E-state index contributed by atoms with van der Waals surface area (Å²) in [5.74, 6) is -0.0231. The van der Waals surface area contributed by atoms with Gasteiger partial charge in [0.05, 0.1) is 11.2 Å². The van der Waals surface area contributed by atoms with Gasteiger partial charge in [-0.1, -0.05) is 16.8 Å². The predicted octanol–water partition coefficient (Wildman–Crippen LogP) is 1.77. The van der Waals surface area contributed by atoms with Crippen LogP contribution in [0.2, 0.25) is 5.02 Å². The highest BCUT2D eigenvalue weighted by Crippen LogP contribution is 2.24. The summed E-state index contributed by atoms with van der Waals surface area (Å²) in [7, 11) is 0. The first-order chi connectivity index (χ1) is 6.18. The highest BCUT2D eigenvalue weighted by atomic mass is 35.5.